The standard InChI is InChI=1S/C16H14BrNO3S/c1-8-7-22-16-10(4-5-12(17)15(16)20-8)13(19)11-6-18-21-14(11)9-2-3-9/h4-6,8-9H,2-3,7H2,1H3. The minimum atomic E-state index is -0.0300. The van der Waals surface area contributed by atoms with Gasteiger partial charge in [0.15, 0.2) is 11.5 Å². The van der Waals surface area contributed by atoms with Crippen LogP contribution in [0.1, 0.15) is 47.4 Å². The Labute approximate surface area is 140 Å². The van der Waals surface area contributed by atoms with Crippen molar-refractivity contribution in [1.82, 2.24) is 5.16 Å². The van der Waals surface area contributed by atoms with Crippen molar-refractivity contribution in [2.45, 2.75) is 36.7 Å². The molecule has 1 unspecified atom stereocenters. The largest absolute Gasteiger partial charge is 0.487 e. The maximum Gasteiger partial charge on any atom is 0.199 e. The van der Waals surface area contributed by atoms with Gasteiger partial charge in [-0.25, -0.2) is 0 Å². The van der Waals surface area contributed by atoms with E-state index in [1.807, 2.05) is 19.1 Å². The molecule has 0 radical (unpaired) electrons. The highest BCUT2D eigenvalue weighted by Crippen LogP contribution is 2.45. The van der Waals surface area contributed by atoms with E-state index >= 15 is 0 Å². The summed E-state index contributed by atoms with van der Waals surface area (Å²) in [7, 11) is 0. The first-order chi connectivity index (χ1) is 10.6. The first-order valence-electron chi connectivity index (χ1n) is 7.26. The Bertz CT molecular complexity index is 754. The summed E-state index contributed by atoms with van der Waals surface area (Å²) in [5, 5.41) is 3.83. The average Bonchev–Trinajstić information content (AvgIpc) is 3.24. The Kier molecular flexibility index (Phi) is 3.53. The molecule has 1 fully saturated rings. The van der Waals surface area contributed by atoms with Crippen LogP contribution in [0.2, 0.25) is 0 Å². The van der Waals surface area contributed by atoms with Crippen molar-refractivity contribution in [2.75, 3.05) is 5.75 Å². The highest BCUT2D eigenvalue weighted by atomic mass is 79.9. The summed E-state index contributed by atoms with van der Waals surface area (Å²) in [6.45, 7) is 2.03. The third-order valence-corrected chi connectivity index (χ3v) is 5.84. The zero-order chi connectivity index (χ0) is 15.3. The second-order valence-corrected chi connectivity index (χ2v) is 7.58. The van der Waals surface area contributed by atoms with Gasteiger partial charge in [-0.2, -0.15) is 0 Å². The summed E-state index contributed by atoms with van der Waals surface area (Å²) in [5.41, 5.74) is 1.26. The van der Waals surface area contributed by atoms with Crippen LogP contribution in [0.15, 0.2) is 32.2 Å². The molecule has 4 nitrogen and oxygen atoms in total. The summed E-state index contributed by atoms with van der Waals surface area (Å²) in [6, 6.07) is 3.72. The molecule has 1 aromatic heterocycles. The summed E-state index contributed by atoms with van der Waals surface area (Å²) >= 11 is 5.17. The first kappa shape index (κ1) is 14.3. The molecule has 114 valence electrons. The Morgan fingerprint density at radius 3 is 2.95 bits per heavy atom. The lowest BCUT2D eigenvalue weighted by Crippen LogP contribution is -2.20. The van der Waals surface area contributed by atoms with Crippen molar-refractivity contribution >= 4 is 33.5 Å². The topological polar surface area (TPSA) is 52.3 Å². The van der Waals surface area contributed by atoms with Gasteiger partial charge >= 0.3 is 0 Å². The van der Waals surface area contributed by atoms with Crippen LogP contribution < -0.4 is 4.74 Å². The van der Waals surface area contributed by atoms with Crippen LogP contribution in [0.5, 0.6) is 5.75 Å². The Hall–Kier alpha value is -1.27. The van der Waals surface area contributed by atoms with Gasteiger partial charge in [-0.3, -0.25) is 4.79 Å². The summed E-state index contributed by atoms with van der Waals surface area (Å²) in [6.07, 6.45) is 3.82. The molecule has 1 aliphatic carbocycles. The lowest BCUT2D eigenvalue weighted by atomic mass is 10.0. The van der Waals surface area contributed by atoms with E-state index in [0.717, 1.165) is 39.5 Å². The maximum atomic E-state index is 12.9. The van der Waals surface area contributed by atoms with Gasteiger partial charge in [0.05, 0.1) is 21.1 Å². The predicted molar refractivity (Wildman–Crippen MR) is 86.9 cm³/mol. The van der Waals surface area contributed by atoms with Crippen molar-refractivity contribution in [3.05, 3.63) is 39.7 Å². The number of hydrogen-bond acceptors (Lipinski definition) is 5. The van der Waals surface area contributed by atoms with Crippen molar-refractivity contribution in [3.8, 4) is 5.75 Å². The maximum absolute atomic E-state index is 12.9. The SMILES string of the molecule is CC1CSc2c(C(=O)c3cnoc3C3CC3)ccc(Br)c2O1. The molecule has 1 aliphatic heterocycles. The molecule has 2 aliphatic rings. The monoisotopic (exact) mass is 379 g/mol. The number of benzene rings is 1. The molecule has 6 heteroatoms. The number of carbonyl (C=O) groups is 1. The van der Waals surface area contributed by atoms with E-state index < -0.39 is 0 Å². The molecule has 0 N–H and O–H groups in total. The third-order valence-electron chi connectivity index (χ3n) is 3.88. The van der Waals surface area contributed by atoms with Gasteiger partial charge in [0, 0.05) is 17.2 Å². The molecule has 2 aromatic rings. The van der Waals surface area contributed by atoms with Crippen LogP contribution in [0.25, 0.3) is 0 Å². The van der Waals surface area contributed by atoms with Crippen LogP contribution in [0, 0.1) is 0 Å². The molecule has 0 amide bonds. The summed E-state index contributed by atoms with van der Waals surface area (Å²) in [5.74, 6) is 2.66. The van der Waals surface area contributed by atoms with Crippen molar-refractivity contribution in [3.63, 3.8) is 0 Å². The fraction of sp³-hybridized carbons (Fsp3) is 0.375. The predicted octanol–water partition coefficient (Wildman–Crippen LogP) is 4.42. The van der Waals surface area contributed by atoms with Crippen LogP contribution in [-0.4, -0.2) is 22.8 Å². The fourth-order valence-electron chi connectivity index (χ4n) is 2.61. The Morgan fingerprint density at radius 1 is 1.36 bits per heavy atom. The summed E-state index contributed by atoms with van der Waals surface area (Å²) < 4.78 is 12.1. The number of carbonyl (C=O) groups excluding carboxylic acids is 1. The van der Waals surface area contributed by atoms with Gasteiger partial charge < -0.3 is 9.26 Å². The zero-order valence-electron chi connectivity index (χ0n) is 12.0. The smallest absolute Gasteiger partial charge is 0.199 e. The van der Waals surface area contributed by atoms with Gasteiger partial charge in [-0.1, -0.05) is 5.16 Å². The van der Waals surface area contributed by atoms with Crippen molar-refractivity contribution in [2.24, 2.45) is 0 Å². The molecule has 2 heterocycles. The Morgan fingerprint density at radius 2 is 2.18 bits per heavy atom. The quantitative estimate of drug-likeness (QED) is 0.738. The van der Waals surface area contributed by atoms with Gasteiger partial charge in [0.2, 0.25) is 0 Å². The second-order valence-electron chi connectivity index (χ2n) is 5.70. The second kappa shape index (κ2) is 5.42. The number of ketones is 1. The number of rotatable bonds is 3. The molecule has 0 spiro atoms. The van der Waals surface area contributed by atoms with E-state index in [4.69, 9.17) is 9.26 Å². The number of nitrogens with zero attached hydrogens (tertiary/aromatic N) is 1. The van der Waals surface area contributed by atoms with Gasteiger partial charge in [-0.05, 0) is 47.8 Å². The minimum absolute atomic E-state index is 0.0300. The number of hydrogen-bond donors (Lipinski definition) is 0. The van der Waals surface area contributed by atoms with Crippen molar-refractivity contribution < 1.29 is 14.1 Å². The zero-order valence-corrected chi connectivity index (χ0v) is 14.4. The van der Waals surface area contributed by atoms with Crippen molar-refractivity contribution in [1.29, 1.82) is 0 Å². The Balaban J connectivity index is 1.78. The van der Waals surface area contributed by atoms with E-state index in [1.165, 1.54) is 0 Å². The van der Waals surface area contributed by atoms with Gasteiger partial charge in [-0.15, -0.1) is 11.8 Å². The van der Waals surface area contributed by atoms with E-state index in [-0.39, 0.29) is 11.9 Å². The molecule has 22 heavy (non-hydrogen) atoms. The van der Waals surface area contributed by atoms with Crippen LogP contribution >= 0.6 is 27.7 Å². The molecular weight excluding hydrogens is 366 g/mol. The van der Waals surface area contributed by atoms with Crippen LogP contribution in [-0.2, 0) is 0 Å². The fourth-order valence-corrected chi connectivity index (χ4v) is 4.24. The highest BCUT2D eigenvalue weighted by Gasteiger charge is 2.34. The molecule has 0 saturated heterocycles. The van der Waals surface area contributed by atoms with Gasteiger partial charge in [0.1, 0.15) is 11.9 Å². The lowest BCUT2D eigenvalue weighted by Gasteiger charge is -2.25. The molecule has 1 aromatic carbocycles. The average molecular weight is 380 g/mol. The molecule has 0 bridgehead atoms. The van der Waals surface area contributed by atoms with E-state index in [2.05, 4.69) is 21.1 Å². The van der Waals surface area contributed by atoms with Crippen LogP contribution in [0.3, 0.4) is 0 Å². The number of ether oxygens (including phenoxy) is 1. The summed E-state index contributed by atoms with van der Waals surface area (Å²) in [4.78, 5) is 13.8. The number of halogens is 1. The molecule has 4 rings (SSSR count). The minimum Gasteiger partial charge on any atom is -0.487 e. The number of fused-ring (bicyclic) bond motifs is 1. The third kappa shape index (κ3) is 2.38. The normalized spacial score (nSPS) is 20.4. The van der Waals surface area contributed by atoms with Gasteiger partial charge in [0.25, 0.3) is 0 Å². The first-order valence-corrected chi connectivity index (χ1v) is 9.04. The van der Waals surface area contributed by atoms with E-state index in [9.17, 15) is 4.79 Å². The number of aromatic nitrogens is 1. The van der Waals surface area contributed by atoms with Crippen LogP contribution in [0.4, 0.5) is 0 Å². The lowest BCUT2D eigenvalue weighted by molar-refractivity contribution is 0.103. The highest BCUT2D eigenvalue weighted by molar-refractivity contribution is 9.10. The molecule has 1 saturated carbocycles. The molecular formula is C16H14BrNO3S. The number of thioether (sulfide) groups is 1. The van der Waals surface area contributed by atoms with E-state index in [0.29, 0.717) is 17.0 Å². The molecule has 1 atom stereocenters. The van der Waals surface area contributed by atoms with E-state index in [1.54, 1.807) is 18.0 Å².